The molecule has 2 aromatic rings. The van der Waals surface area contributed by atoms with Gasteiger partial charge in [-0.1, -0.05) is 6.07 Å². The van der Waals surface area contributed by atoms with Crippen molar-refractivity contribution in [2.75, 3.05) is 20.3 Å². The van der Waals surface area contributed by atoms with Crippen LogP contribution >= 0.6 is 0 Å². The van der Waals surface area contributed by atoms with Crippen LogP contribution in [0.15, 0.2) is 53.5 Å². The lowest BCUT2D eigenvalue weighted by molar-refractivity contribution is -0.151. The third kappa shape index (κ3) is 5.31. The number of benzene rings is 1. The van der Waals surface area contributed by atoms with Crippen LogP contribution in [0.5, 0.6) is 0 Å². The fourth-order valence-corrected chi connectivity index (χ4v) is 4.20. The van der Waals surface area contributed by atoms with Gasteiger partial charge < -0.3 is 20.7 Å². The standard InChI is InChI=1S/C24H30N4O5/c1-24(2,15-33-3)23(32)28-14-6-7-18(20(28)21(25)30)26-22(31)16-9-11-17(12-10-16)27-13-5-4-8-19(27)29/h4-5,8-13,18,20H,6-7,14-15H2,1-3H3,(H2,25,30)(H,26,31). The molecule has 33 heavy (non-hydrogen) atoms. The van der Waals surface area contributed by atoms with Gasteiger partial charge in [0.1, 0.15) is 6.04 Å². The first-order chi connectivity index (χ1) is 15.7. The Labute approximate surface area is 192 Å². The molecular weight excluding hydrogens is 424 g/mol. The Morgan fingerprint density at radius 1 is 1.15 bits per heavy atom. The Bertz CT molecular complexity index is 1080. The number of pyridine rings is 1. The van der Waals surface area contributed by atoms with Crippen LogP contribution in [-0.2, 0) is 14.3 Å². The number of rotatable bonds is 7. The molecule has 176 valence electrons. The zero-order valence-corrected chi connectivity index (χ0v) is 19.1. The number of aromatic nitrogens is 1. The molecule has 1 fully saturated rings. The van der Waals surface area contributed by atoms with Crippen LogP contribution in [0.1, 0.15) is 37.0 Å². The van der Waals surface area contributed by atoms with E-state index in [-0.39, 0.29) is 24.0 Å². The van der Waals surface area contributed by atoms with Gasteiger partial charge in [0.05, 0.1) is 18.1 Å². The minimum absolute atomic E-state index is 0.178. The summed E-state index contributed by atoms with van der Waals surface area (Å²) in [5, 5.41) is 2.87. The van der Waals surface area contributed by atoms with E-state index in [1.54, 1.807) is 56.4 Å². The summed E-state index contributed by atoms with van der Waals surface area (Å²) in [5.74, 6) is -1.30. The molecule has 3 amide bonds. The van der Waals surface area contributed by atoms with Crippen molar-refractivity contribution in [1.29, 1.82) is 0 Å². The Morgan fingerprint density at radius 2 is 1.85 bits per heavy atom. The van der Waals surface area contributed by atoms with Gasteiger partial charge >= 0.3 is 0 Å². The monoisotopic (exact) mass is 454 g/mol. The number of carbonyl (C=O) groups excluding carboxylic acids is 3. The van der Waals surface area contributed by atoms with E-state index in [4.69, 9.17) is 10.5 Å². The third-order valence-electron chi connectivity index (χ3n) is 5.81. The van der Waals surface area contributed by atoms with Gasteiger partial charge in [0, 0.05) is 37.2 Å². The summed E-state index contributed by atoms with van der Waals surface area (Å²) in [4.78, 5) is 51.8. The van der Waals surface area contributed by atoms with E-state index in [0.29, 0.717) is 30.6 Å². The van der Waals surface area contributed by atoms with Crippen LogP contribution in [-0.4, -0.2) is 59.5 Å². The second kappa shape index (κ2) is 9.99. The molecule has 9 heteroatoms. The first-order valence-electron chi connectivity index (χ1n) is 10.8. The molecule has 3 rings (SSSR count). The topological polar surface area (TPSA) is 124 Å². The molecule has 0 bridgehead atoms. The van der Waals surface area contributed by atoms with Gasteiger partial charge in [0.15, 0.2) is 0 Å². The maximum absolute atomic E-state index is 13.1. The Hall–Kier alpha value is -3.46. The van der Waals surface area contributed by atoms with Gasteiger partial charge in [0.25, 0.3) is 11.5 Å². The lowest BCUT2D eigenvalue weighted by Crippen LogP contribution is -2.64. The Balaban J connectivity index is 1.77. The number of nitrogens with zero attached hydrogens (tertiary/aromatic N) is 2. The lowest BCUT2D eigenvalue weighted by atomic mass is 9.88. The second-order valence-electron chi connectivity index (χ2n) is 8.84. The second-order valence-corrected chi connectivity index (χ2v) is 8.84. The maximum Gasteiger partial charge on any atom is 0.255 e. The number of ether oxygens (including phenoxy) is 1. The molecule has 2 atom stereocenters. The summed E-state index contributed by atoms with van der Waals surface area (Å²) in [6.07, 6.45) is 2.79. The number of nitrogens with one attached hydrogen (secondary N) is 1. The van der Waals surface area contributed by atoms with Crippen LogP contribution in [0.25, 0.3) is 5.69 Å². The number of nitrogens with two attached hydrogens (primary N) is 1. The summed E-state index contributed by atoms with van der Waals surface area (Å²) in [5.41, 5.74) is 5.65. The number of likely N-dealkylation sites (tertiary alicyclic amines) is 1. The Kier molecular flexibility index (Phi) is 7.33. The van der Waals surface area contributed by atoms with Crippen LogP contribution in [0, 0.1) is 5.41 Å². The molecule has 1 aromatic carbocycles. The number of amides is 3. The van der Waals surface area contributed by atoms with Gasteiger partial charge in [-0.2, -0.15) is 0 Å². The minimum Gasteiger partial charge on any atom is -0.384 e. The summed E-state index contributed by atoms with van der Waals surface area (Å²) in [7, 11) is 1.51. The molecule has 2 heterocycles. The van der Waals surface area contributed by atoms with E-state index in [9.17, 15) is 19.2 Å². The van der Waals surface area contributed by atoms with Crippen LogP contribution < -0.4 is 16.6 Å². The molecule has 1 aliphatic heterocycles. The quantitative estimate of drug-likeness (QED) is 0.648. The zero-order valence-electron chi connectivity index (χ0n) is 19.1. The molecule has 0 aliphatic carbocycles. The Morgan fingerprint density at radius 3 is 2.45 bits per heavy atom. The highest BCUT2D eigenvalue weighted by Gasteiger charge is 2.43. The molecule has 2 unspecified atom stereocenters. The molecule has 9 nitrogen and oxygen atoms in total. The molecule has 0 saturated carbocycles. The number of hydrogen-bond acceptors (Lipinski definition) is 5. The number of primary amides is 1. The van der Waals surface area contributed by atoms with E-state index < -0.39 is 23.4 Å². The maximum atomic E-state index is 13.1. The molecule has 1 aromatic heterocycles. The fourth-order valence-electron chi connectivity index (χ4n) is 4.20. The van der Waals surface area contributed by atoms with Crippen molar-refractivity contribution in [3.05, 3.63) is 64.6 Å². The minimum atomic E-state index is -0.950. The number of piperidine rings is 1. The van der Waals surface area contributed by atoms with Gasteiger partial charge in [-0.05, 0) is 57.0 Å². The van der Waals surface area contributed by atoms with Crippen molar-refractivity contribution >= 4 is 17.7 Å². The highest BCUT2D eigenvalue weighted by Crippen LogP contribution is 2.26. The van der Waals surface area contributed by atoms with E-state index in [1.165, 1.54) is 22.6 Å². The van der Waals surface area contributed by atoms with E-state index in [1.807, 2.05) is 0 Å². The van der Waals surface area contributed by atoms with Crippen LogP contribution in [0.4, 0.5) is 0 Å². The molecule has 3 N–H and O–H groups in total. The number of methoxy groups -OCH3 is 1. The van der Waals surface area contributed by atoms with Crippen molar-refractivity contribution in [2.45, 2.75) is 38.8 Å². The number of hydrogen-bond donors (Lipinski definition) is 2. The van der Waals surface area contributed by atoms with Crippen molar-refractivity contribution in [3.63, 3.8) is 0 Å². The van der Waals surface area contributed by atoms with E-state index >= 15 is 0 Å². The normalized spacial score (nSPS) is 18.6. The highest BCUT2D eigenvalue weighted by atomic mass is 16.5. The van der Waals surface area contributed by atoms with Crippen molar-refractivity contribution in [3.8, 4) is 5.69 Å². The first-order valence-corrected chi connectivity index (χ1v) is 10.8. The van der Waals surface area contributed by atoms with Gasteiger partial charge in [-0.3, -0.25) is 23.7 Å². The summed E-state index contributed by atoms with van der Waals surface area (Å²) in [6, 6.07) is 9.86. The van der Waals surface area contributed by atoms with Crippen molar-refractivity contribution < 1.29 is 19.1 Å². The fraction of sp³-hybridized carbons (Fsp3) is 0.417. The third-order valence-corrected chi connectivity index (χ3v) is 5.81. The van der Waals surface area contributed by atoms with E-state index in [0.717, 1.165) is 0 Å². The van der Waals surface area contributed by atoms with Crippen LogP contribution in [0.2, 0.25) is 0 Å². The van der Waals surface area contributed by atoms with Crippen LogP contribution in [0.3, 0.4) is 0 Å². The van der Waals surface area contributed by atoms with Crippen molar-refractivity contribution in [1.82, 2.24) is 14.8 Å². The first kappa shape index (κ1) is 24.2. The lowest BCUT2D eigenvalue weighted by Gasteiger charge is -2.42. The zero-order chi connectivity index (χ0) is 24.2. The smallest absolute Gasteiger partial charge is 0.255 e. The van der Waals surface area contributed by atoms with Crippen molar-refractivity contribution in [2.24, 2.45) is 11.1 Å². The SMILES string of the molecule is COCC(C)(C)C(=O)N1CCCC(NC(=O)c2ccc(-n3ccccc3=O)cc2)C1C(N)=O. The molecule has 1 aliphatic rings. The van der Waals surface area contributed by atoms with Gasteiger partial charge in [-0.15, -0.1) is 0 Å². The average Bonchev–Trinajstić information content (AvgIpc) is 2.78. The highest BCUT2D eigenvalue weighted by molar-refractivity contribution is 5.96. The van der Waals surface area contributed by atoms with Gasteiger partial charge in [-0.25, -0.2) is 0 Å². The molecule has 0 radical (unpaired) electrons. The summed E-state index contributed by atoms with van der Waals surface area (Å²) in [6.45, 7) is 4.07. The molecular formula is C24H30N4O5. The number of carbonyl (C=O) groups is 3. The largest absolute Gasteiger partial charge is 0.384 e. The predicted molar refractivity (Wildman–Crippen MR) is 123 cm³/mol. The molecule has 1 saturated heterocycles. The summed E-state index contributed by atoms with van der Waals surface area (Å²) < 4.78 is 6.63. The van der Waals surface area contributed by atoms with Gasteiger partial charge in [0.2, 0.25) is 11.8 Å². The predicted octanol–water partition coefficient (Wildman–Crippen LogP) is 1.08. The molecule has 0 spiro atoms. The van der Waals surface area contributed by atoms with E-state index in [2.05, 4.69) is 5.32 Å². The summed E-state index contributed by atoms with van der Waals surface area (Å²) >= 11 is 0. The average molecular weight is 455 g/mol.